The van der Waals surface area contributed by atoms with Gasteiger partial charge in [-0.2, -0.15) is 0 Å². The highest BCUT2D eigenvalue weighted by molar-refractivity contribution is 7.18. The summed E-state index contributed by atoms with van der Waals surface area (Å²) in [5.41, 5.74) is 2.21. The van der Waals surface area contributed by atoms with Crippen LogP contribution in [-0.2, 0) is 14.3 Å². The molecule has 7 nitrogen and oxygen atoms in total. The Morgan fingerprint density at radius 1 is 1.37 bits per heavy atom. The normalized spacial score (nSPS) is 14.9. The predicted octanol–water partition coefficient (Wildman–Crippen LogP) is 3.39. The molecule has 1 fully saturated rings. The first-order valence-electron chi connectivity index (χ1n) is 9.35. The lowest BCUT2D eigenvalue weighted by Gasteiger charge is -2.28. The SMILES string of the molecule is C=CC[C@@H](NC(=O)c1ccc(Cl)s1)C(=O)Nc1ccc(N2CCOCC2=O)c(C)c1. The second-order valence-corrected chi connectivity index (χ2v) is 8.46. The van der Waals surface area contributed by atoms with Gasteiger partial charge in [0.1, 0.15) is 12.6 Å². The zero-order valence-corrected chi connectivity index (χ0v) is 18.0. The number of amides is 3. The number of thiophene rings is 1. The fourth-order valence-electron chi connectivity index (χ4n) is 3.10. The molecule has 2 aromatic rings. The Labute approximate surface area is 183 Å². The molecule has 3 rings (SSSR count). The molecule has 0 aliphatic carbocycles. The molecule has 1 aliphatic rings. The average Bonchev–Trinajstić information content (AvgIpc) is 3.15. The van der Waals surface area contributed by atoms with Crippen LogP contribution < -0.4 is 15.5 Å². The van der Waals surface area contributed by atoms with Crippen LogP contribution in [0.3, 0.4) is 0 Å². The molecule has 3 amide bonds. The van der Waals surface area contributed by atoms with Crippen LogP contribution >= 0.6 is 22.9 Å². The number of nitrogens with zero attached hydrogens (tertiary/aromatic N) is 1. The second kappa shape index (κ2) is 9.88. The maximum atomic E-state index is 12.7. The standard InChI is InChI=1S/C21H22ClN3O4S/c1-3-4-15(24-21(28)17-7-8-18(22)30-17)20(27)23-14-5-6-16(13(2)11-14)25-9-10-29-12-19(25)26/h3,5-8,11,15H,1,4,9-10,12H2,2H3,(H,23,27)(H,24,28)/t15-/m1/s1. The number of carbonyl (C=O) groups excluding carboxylic acids is 3. The van der Waals surface area contributed by atoms with Crippen LogP contribution in [0, 0.1) is 6.92 Å². The van der Waals surface area contributed by atoms with Crippen LogP contribution in [0.4, 0.5) is 11.4 Å². The number of carbonyl (C=O) groups is 3. The van der Waals surface area contributed by atoms with E-state index >= 15 is 0 Å². The summed E-state index contributed by atoms with van der Waals surface area (Å²) in [5, 5.41) is 5.53. The molecule has 0 unspecified atom stereocenters. The zero-order valence-electron chi connectivity index (χ0n) is 16.4. The molecule has 2 N–H and O–H groups in total. The van der Waals surface area contributed by atoms with E-state index in [0.29, 0.717) is 28.1 Å². The number of aryl methyl sites for hydroxylation is 1. The predicted molar refractivity (Wildman–Crippen MR) is 118 cm³/mol. The largest absolute Gasteiger partial charge is 0.370 e. The Kier molecular flexibility index (Phi) is 7.25. The van der Waals surface area contributed by atoms with Gasteiger partial charge in [-0.05, 0) is 49.2 Å². The maximum Gasteiger partial charge on any atom is 0.262 e. The van der Waals surface area contributed by atoms with Crippen molar-refractivity contribution in [1.29, 1.82) is 0 Å². The second-order valence-electron chi connectivity index (χ2n) is 6.74. The molecule has 2 heterocycles. The molecule has 158 valence electrons. The van der Waals surface area contributed by atoms with Crippen LogP contribution in [0.15, 0.2) is 43.0 Å². The number of halogens is 1. The molecule has 0 spiro atoms. The van der Waals surface area contributed by atoms with E-state index < -0.39 is 6.04 Å². The molecule has 0 bridgehead atoms. The van der Waals surface area contributed by atoms with Crippen molar-refractivity contribution in [1.82, 2.24) is 5.32 Å². The molecule has 1 atom stereocenters. The van der Waals surface area contributed by atoms with Gasteiger partial charge < -0.3 is 20.3 Å². The summed E-state index contributed by atoms with van der Waals surface area (Å²) in [5.74, 6) is -0.824. The first-order valence-corrected chi connectivity index (χ1v) is 10.5. The van der Waals surface area contributed by atoms with E-state index in [4.69, 9.17) is 16.3 Å². The number of nitrogens with one attached hydrogen (secondary N) is 2. The molecule has 1 aromatic heterocycles. The Balaban J connectivity index is 1.69. The number of hydrogen-bond acceptors (Lipinski definition) is 5. The van der Waals surface area contributed by atoms with E-state index in [2.05, 4.69) is 17.2 Å². The van der Waals surface area contributed by atoms with Gasteiger partial charge in [0.05, 0.1) is 15.8 Å². The molecule has 9 heteroatoms. The number of rotatable bonds is 7. The molecular formula is C21H22ClN3O4S. The van der Waals surface area contributed by atoms with Crippen molar-refractivity contribution < 1.29 is 19.1 Å². The van der Waals surface area contributed by atoms with Gasteiger partial charge in [0, 0.05) is 17.9 Å². The minimum Gasteiger partial charge on any atom is -0.370 e. The molecule has 1 saturated heterocycles. The van der Waals surface area contributed by atoms with Gasteiger partial charge in [-0.15, -0.1) is 17.9 Å². The van der Waals surface area contributed by atoms with Gasteiger partial charge in [-0.25, -0.2) is 0 Å². The van der Waals surface area contributed by atoms with E-state index in [1.807, 2.05) is 6.92 Å². The molecule has 0 radical (unpaired) electrons. The molecule has 1 aliphatic heterocycles. The highest BCUT2D eigenvalue weighted by Crippen LogP contribution is 2.25. The topological polar surface area (TPSA) is 87.7 Å². The minimum atomic E-state index is -0.781. The smallest absolute Gasteiger partial charge is 0.262 e. The van der Waals surface area contributed by atoms with Crippen molar-refractivity contribution in [2.45, 2.75) is 19.4 Å². The Morgan fingerprint density at radius 3 is 2.80 bits per heavy atom. The number of morpholine rings is 1. The summed E-state index contributed by atoms with van der Waals surface area (Å²) < 4.78 is 5.67. The highest BCUT2D eigenvalue weighted by atomic mass is 35.5. The van der Waals surface area contributed by atoms with Gasteiger partial charge in [0.25, 0.3) is 11.8 Å². The Morgan fingerprint density at radius 2 is 2.17 bits per heavy atom. The monoisotopic (exact) mass is 447 g/mol. The van der Waals surface area contributed by atoms with Crippen molar-refractivity contribution >= 4 is 52.0 Å². The van der Waals surface area contributed by atoms with Crippen LogP contribution in [0.25, 0.3) is 0 Å². The van der Waals surface area contributed by atoms with Crippen LogP contribution in [-0.4, -0.2) is 43.5 Å². The molecular weight excluding hydrogens is 426 g/mol. The Hall–Kier alpha value is -2.68. The average molecular weight is 448 g/mol. The fraction of sp³-hybridized carbons (Fsp3) is 0.286. The first-order chi connectivity index (χ1) is 14.4. The third-order valence-corrected chi connectivity index (χ3v) is 5.79. The molecule has 30 heavy (non-hydrogen) atoms. The van der Waals surface area contributed by atoms with Gasteiger partial charge in [-0.1, -0.05) is 17.7 Å². The van der Waals surface area contributed by atoms with Gasteiger partial charge in [0.2, 0.25) is 5.91 Å². The number of ether oxygens (including phenoxy) is 1. The lowest BCUT2D eigenvalue weighted by atomic mass is 10.1. The van der Waals surface area contributed by atoms with E-state index in [0.717, 1.165) is 22.6 Å². The lowest BCUT2D eigenvalue weighted by molar-refractivity contribution is -0.125. The molecule has 0 saturated carbocycles. The third-order valence-electron chi connectivity index (χ3n) is 4.56. The van der Waals surface area contributed by atoms with Gasteiger partial charge in [-0.3, -0.25) is 14.4 Å². The number of anilines is 2. The van der Waals surface area contributed by atoms with Gasteiger partial charge >= 0.3 is 0 Å². The van der Waals surface area contributed by atoms with Crippen molar-refractivity contribution in [3.05, 3.63) is 57.8 Å². The van der Waals surface area contributed by atoms with Crippen molar-refractivity contribution in [3.63, 3.8) is 0 Å². The number of benzene rings is 1. The summed E-state index contributed by atoms with van der Waals surface area (Å²) in [6.45, 7) is 6.58. The lowest BCUT2D eigenvalue weighted by Crippen LogP contribution is -2.43. The third kappa shape index (κ3) is 5.27. The van der Waals surface area contributed by atoms with Crippen molar-refractivity contribution in [2.24, 2.45) is 0 Å². The molecule has 1 aromatic carbocycles. The summed E-state index contributed by atoms with van der Waals surface area (Å²) in [6, 6.07) is 7.78. The highest BCUT2D eigenvalue weighted by Gasteiger charge is 2.23. The summed E-state index contributed by atoms with van der Waals surface area (Å²) in [6.07, 6.45) is 1.85. The van der Waals surface area contributed by atoms with E-state index in [-0.39, 0.29) is 30.7 Å². The van der Waals surface area contributed by atoms with E-state index in [1.54, 1.807) is 41.3 Å². The van der Waals surface area contributed by atoms with Crippen LogP contribution in [0.5, 0.6) is 0 Å². The van der Waals surface area contributed by atoms with E-state index in [9.17, 15) is 14.4 Å². The first kappa shape index (κ1) is 22.0. The summed E-state index contributed by atoms with van der Waals surface area (Å²) in [4.78, 5) is 39.3. The fourth-order valence-corrected chi connectivity index (χ4v) is 4.05. The quantitative estimate of drug-likeness (QED) is 0.637. The Bertz CT molecular complexity index is 975. The van der Waals surface area contributed by atoms with Crippen molar-refractivity contribution in [3.8, 4) is 0 Å². The van der Waals surface area contributed by atoms with E-state index in [1.165, 1.54) is 0 Å². The summed E-state index contributed by atoms with van der Waals surface area (Å²) >= 11 is 7.02. The number of hydrogen-bond donors (Lipinski definition) is 2. The zero-order chi connectivity index (χ0) is 21.7. The maximum absolute atomic E-state index is 12.7. The summed E-state index contributed by atoms with van der Waals surface area (Å²) in [7, 11) is 0. The van der Waals surface area contributed by atoms with Crippen LogP contribution in [0.2, 0.25) is 4.34 Å². The minimum absolute atomic E-state index is 0.0658. The van der Waals surface area contributed by atoms with Gasteiger partial charge in [0.15, 0.2) is 0 Å². The van der Waals surface area contributed by atoms with Crippen molar-refractivity contribution in [2.75, 3.05) is 30.0 Å². The van der Waals surface area contributed by atoms with Crippen LogP contribution in [0.1, 0.15) is 21.7 Å².